The van der Waals surface area contributed by atoms with E-state index in [-0.39, 0.29) is 18.0 Å². The lowest BCUT2D eigenvalue weighted by molar-refractivity contribution is 0.0772. The minimum Gasteiger partial charge on any atom is -0.489 e. The van der Waals surface area contributed by atoms with Crippen molar-refractivity contribution in [2.75, 3.05) is 31.1 Å². The molecule has 4 rings (SSSR count). The Kier molecular flexibility index (Phi) is 4.71. The predicted molar refractivity (Wildman–Crippen MR) is 103 cm³/mol. The zero-order valence-corrected chi connectivity index (χ0v) is 15.4. The third-order valence-corrected chi connectivity index (χ3v) is 5.08. The number of benzene rings is 2. The minimum atomic E-state index is -0.111. The molecule has 0 radical (unpaired) electrons. The maximum absolute atomic E-state index is 13.0. The van der Waals surface area contributed by atoms with Gasteiger partial charge in [-0.15, -0.1) is 0 Å². The summed E-state index contributed by atoms with van der Waals surface area (Å²) in [6.07, 6.45) is 0.819. The molecule has 0 unspecified atom stereocenters. The number of hydrogen-bond donors (Lipinski definition) is 1. The summed E-state index contributed by atoms with van der Waals surface area (Å²) in [4.78, 5) is 28.5. The number of para-hydroxylation sites is 1. The number of hydrogen-bond acceptors (Lipinski definition) is 3. The molecule has 2 saturated heterocycles. The molecule has 6 nitrogen and oxygen atoms in total. The molecule has 2 fully saturated rings. The average Bonchev–Trinajstić information content (AvgIpc) is 3.31. The van der Waals surface area contributed by atoms with Crippen molar-refractivity contribution in [3.63, 3.8) is 0 Å². The summed E-state index contributed by atoms with van der Waals surface area (Å²) in [5.41, 5.74) is 2.39. The van der Waals surface area contributed by atoms with Crippen LogP contribution in [0.25, 0.3) is 0 Å². The fourth-order valence-corrected chi connectivity index (χ4v) is 3.62. The number of ether oxygens (including phenoxy) is 1. The Balaban J connectivity index is 1.46. The number of amides is 3. The van der Waals surface area contributed by atoms with Crippen LogP contribution in [0.15, 0.2) is 48.5 Å². The van der Waals surface area contributed by atoms with Gasteiger partial charge < -0.3 is 15.0 Å². The van der Waals surface area contributed by atoms with E-state index in [0.29, 0.717) is 31.7 Å². The number of nitrogens with zero attached hydrogens (tertiary/aromatic N) is 2. The van der Waals surface area contributed by atoms with Crippen molar-refractivity contribution < 1.29 is 14.3 Å². The number of carbonyl (C=O) groups is 2. The van der Waals surface area contributed by atoms with Crippen LogP contribution in [0, 0.1) is 6.92 Å². The molecule has 6 heteroatoms. The largest absolute Gasteiger partial charge is 0.489 e. The number of aryl methyl sites for hydroxylation is 1. The van der Waals surface area contributed by atoms with E-state index in [9.17, 15) is 9.59 Å². The van der Waals surface area contributed by atoms with E-state index in [1.54, 1.807) is 4.90 Å². The van der Waals surface area contributed by atoms with E-state index in [2.05, 4.69) is 5.32 Å². The Morgan fingerprint density at radius 2 is 1.96 bits per heavy atom. The first-order chi connectivity index (χ1) is 13.1. The highest BCUT2D eigenvalue weighted by Gasteiger charge is 2.29. The van der Waals surface area contributed by atoms with Crippen molar-refractivity contribution in [3.8, 4) is 5.75 Å². The van der Waals surface area contributed by atoms with E-state index in [1.807, 2.05) is 60.4 Å². The van der Waals surface area contributed by atoms with Crippen molar-refractivity contribution in [1.29, 1.82) is 0 Å². The van der Waals surface area contributed by atoms with Gasteiger partial charge in [0, 0.05) is 37.3 Å². The van der Waals surface area contributed by atoms with Gasteiger partial charge in [-0.05, 0) is 36.8 Å². The molecule has 2 heterocycles. The summed E-state index contributed by atoms with van der Waals surface area (Å²) in [6, 6.07) is 15.1. The van der Waals surface area contributed by atoms with Crippen molar-refractivity contribution >= 4 is 17.6 Å². The van der Waals surface area contributed by atoms with E-state index in [0.717, 1.165) is 23.4 Å². The zero-order valence-electron chi connectivity index (χ0n) is 15.4. The molecule has 0 bridgehead atoms. The predicted octanol–water partition coefficient (Wildman–Crippen LogP) is 2.82. The van der Waals surface area contributed by atoms with Gasteiger partial charge >= 0.3 is 6.03 Å². The van der Waals surface area contributed by atoms with Crippen LogP contribution in [0.5, 0.6) is 5.75 Å². The number of carbonyl (C=O) groups excluding carboxylic acids is 2. The lowest BCUT2D eigenvalue weighted by atomic mass is 10.1. The van der Waals surface area contributed by atoms with Crippen LogP contribution in [-0.4, -0.2) is 49.1 Å². The van der Waals surface area contributed by atoms with Gasteiger partial charge in [0.1, 0.15) is 11.9 Å². The van der Waals surface area contributed by atoms with Crippen molar-refractivity contribution in [3.05, 3.63) is 59.7 Å². The molecule has 2 aromatic rings. The molecule has 3 amide bonds. The minimum absolute atomic E-state index is 0.00521. The van der Waals surface area contributed by atoms with E-state index < -0.39 is 0 Å². The maximum atomic E-state index is 13.0. The second-order valence-electron chi connectivity index (χ2n) is 6.98. The molecular formula is C21H23N3O3. The molecular weight excluding hydrogens is 342 g/mol. The van der Waals surface area contributed by atoms with Crippen LogP contribution in [0.4, 0.5) is 10.5 Å². The fourth-order valence-electron chi connectivity index (χ4n) is 3.62. The molecule has 1 atom stereocenters. The smallest absolute Gasteiger partial charge is 0.322 e. The van der Waals surface area contributed by atoms with Gasteiger partial charge in [-0.1, -0.05) is 24.3 Å². The number of urea groups is 1. The molecule has 0 spiro atoms. The van der Waals surface area contributed by atoms with Gasteiger partial charge in [0.25, 0.3) is 5.91 Å². The van der Waals surface area contributed by atoms with Crippen LogP contribution in [-0.2, 0) is 0 Å². The SMILES string of the molecule is Cc1ccc(C(=O)N2CC[C@H](Oc3ccccc3)C2)cc1N1CCNC1=O. The average molecular weight is 365 g/mol. The first-order valence-electron chi connectivity index (χ1n) is 9.29. The van der Waals surface area contributed by atoms with E-state index in [1.165, 1.54) is 0 Å². The Bertz CT molecular complexity index is 853. The van der Waals surface area contributed by atoms with Gasteiger partial charge in [0.05, 0.1) is 6.54 Å². The van der Waals surface area contributed by atoms with E-state index in [4.69, 9.17) is 4.74 Å². The first-order valence-corrected chi connectivity index (χ1v) is 9.29. The Morgan fingerprint density at radius 3 is 2.70 bits per heavy atom. The van der Waals surface area contributed by atoms with Crippen LogP contribution >= 0.6 is 0 Å². The van der Waals surface area contributed by atoms with Gasteiger partial charge in [-0.3, -0.25) is 9.69 Å². The highest BCUT2D eigenvalue weighted by molar-refractivity contribution is 5.99. The number of likely N-dealkylation sites (tertiary alicyclic amines) is 1. The van der Waals surface area contributed by atoms with Gasteiger partial charge in [0.15, 0.2) is 0 Å². The molecule has 0 aromatic heterocycles. The fraction of sp³-hybridized carbons (Fsp3) is 0.333. The maximum Gasteiger partial charge on any atom is 0.322 e. The van der Waals surface area contributed by atoms with Crippen molar-refractivity contribution in [1.82, 2.24) is 10.2 Å². The second kappa shape index (κ2) is 7.31. The molecule has 27 heavy (non-hydrogen) atoms. The Labute approximate surface area is 158 Å². The van der Waals surface area contributed by atoms with Gasteiger partial charge in [-0.25, -0.2) is 4.79 Å². The van der Waals surface area contributed by atoms with Crippen LogP contribution in [0.3, 0.4) is 0 Å². The standard InChI is InChI=1S/C21H23N3O3/c1-15-7-8-16(13-19(15)24-12-10-22-21(24)26)20(25)23-11-9-18(14-23)27-17-5-3-2-4-6-17/h2-8,13,18H,9-12,14H2,1H3,(H,22,26)/t18-/m0/s1. The molecule has 0 saturated carbocycles. The number of nitrogens with one attached hydrogen (secondary N) is 1. The lowest BCUT2D eigenvalue weighted by Gasteiger charge is -2.20. The Morgan fingerprint density at radius 1 is 1.15 bits per heavy atom. The van der Waals surface area contributed by atoms with Crippen molar-refractivity contribution in [2.45, 2.75) is 19.4 Å². The molecule has 2 aliphatic rings. The highest BCUT2D eigenvalue weighted by Crippen LogP contribution is 2.25. The first kappa shape index (κ1) is 17.4. The van der Waals surface area contributed by atoms with Crippen molar-refractivity contribution in [2.24, 2.45) is 0 Å². The second-order valence-corrected chi connectivity index (χ2v) is 6.98. The third kappa shape index (κ3) is 3.60. The van der Waals surface area contributed by atoms with Crippen LogP contribution in [0.2, 0.25) is 0 Å². The third-order valence-electron chi connectivity index (χ3n) is 5.08. The quantitative estimate of drug-likeness (QED) is 0.906. The highest BCUT2D eigenvalue weighted by atomic mass is 16.5. The summed E-state index contributed by atoms with van der Waals surface area (Å²) in [5, 5.41) is 2.80. The molecule has 2 aliphatic heterocycles. The molecule has 2 aromatic carbocycles. The monoisotopic (exact) mass is 365 g/mol. The summed E-state index contributed by atoms with van der Waals surface area (Å²) in [6.45, 7) is 4.44. The van der Waals surface area contributed by atoms with Crippen LogP contribution in [0.1, 0.15) is 22.3 Å². The summed E-state index contributed by atoms with van der Waals surface area (Å²) in [7, 11) is 0. The Hall–Kier alpha value is -3.02. The summed E-state index contributed by atoms with van der Waals surface area (Å²) >= 11 is 0. The topological polar surface area (TPSA) is 61.9 Å². The molecule has 0 aliphatic carbocycles. The summed E-state index contributed by atoms with van der Waals surface area (Å²) < 4.78 is 5.97. The normalized spacial score (nSPS) is 19.3. The van der Waals surface area contributed by atoms with Gasteiger partial charge in [0.2, 0.25) is 0 Å². The van der Waals surface area contributed by atoms with Crippen LogP contribution < -0.4 is 15.0 Å². The lowest BCUT2D eigenvalue weighted by Crippen LogP contribution is -2.32. The zero-order chi connectivity index (χ0) is 18.8. The van der Waals surface area contributed by atoms with E-state index >= 15 is 0 Å². The number of anilines is 1. The summed E-state index contributed by atoms with van der Waals surface area (Å²) in [5.74, 6) is 0.810. The molecule has 140 valence electrons. The van der Waals surface area contributed by atoms with Gasteiger partial charge in [-0.2, -0.15) is 0 Å². The number of rotatable bonds is 4. The molecule has 1 N–H and O–H groups in total.